The summed E-state index contributed by atoms with van der Waals surface area (Å²) in [5, 5.41) is 3.97. The van der Waals surface area contributed by atoms with Crippen molar-refractivity contribution < 1.29 is 4.39 Å². The molecule has 2 aromatic carbocycles. The van der Waals surface area contributed by atoms with Crippen LogP contribution in [0.4, 0.5) is 4.39 Å². The van der Waals surface area contributed by atoms with Crippen LogP contribution in [-0.4, -0.2) is 0 Å². The normalized spacial score (nSPS) is 12.4. The highest BCUT2D eigenvalue weighted by atomic mass is 79.9. The molecule has 0 radical (unpaired) electrons. The molecule has 19 heavy (non-hydrogen) atoms. The van der Waals surface area contributed by atoms with E-state index in [2.05, 4.69) is 21.2 Å². The smallest absolute Gasteiger partial charge is 0.127 e. The molecule has 0 fully saturated rings. The van der Waals surface area contributed by atoms with Gasteiger partial charge in [0.1, 0.15) is 5.82 Å². The third-order valence-corrected chi connectivity index (χ3v) is 3.83. The zero-order valence-corrected chi connectivity index (χ0v) is 12.8. The predicted octanol–water partition coefficient (Wildman–Crippen LogP) is 5.09. The Morgan fingerprint density at radius 1 is 1.26 bits per heavy atom. The molecule has 0 aliphatic carbocycles. The first-order valence-electron chi connectivity index (χ1n) is 5.99. The van der Waals surface area contributed by atoms with Crippen LogP contribution in [0.1, 0.15) is 24.1 Å². The molecule has 0 aliphatic heterocycles. The average molecular weight is 343 g/mol. The van der Waals surface area contributed by atoms with Crippen molar-refractivity contribution in [2.24, 2.45) is 0 Å². The Labute approximate surface area is 125 Å². The fourth-order valence-electron chi connectivity index (χ4n) is 1.86. The molecular weight excluding hydrogens is 329 g/mol. The molecule has 0 aromatic heterocycles. The molecule has 100 valence electrons. The summed E-state index contributed by atoms with van der Waals surface area (Å²) >= 11 is 9.51. The van der Waals surface area contributed by atoms with E-state index >= 15 is 0 Å². The first kappa shape index (κ1) is 14.5. The maximum atomic E-state index is 13.6. The van der Waals surface area contributed by atoms with Crippen LogP contribution in [0.3, 0.4) is 0 Å². The van der Waals surface area contributed by atoms with Gasteiger partial charge in [-0.1, -0.05) is 51.8 Å². The first-order chi connectivity index (χ1) is 9.08. The Hall–Kier alpha value is -0.900. The fourth-order valence-corrected chi connectivity index (χ4v) is 2.60. The van der Waals surface area contributed by atoms with Crippen molar-refractivity contribution in [3.05, 3.63) is 68.9 Å². The van der Waals surface area contributed by atoms with Gasteiger partial charge in [0.25, 0.3) is 0 Å². The Morgan fingerprint density at radius 3 is 2.68 bits per heavy atom. The van der Waals surface area contributed by atoms with Crippen molar-refractivity contribution in [1.82, 2.24) is 5.32 Å². The first-order valence-corrected chi connectivity index (χ1v) is 7.17. The second kappa shape index (κ2) is 6.51. The largest absolute Gasteiger partial charge is 0.306 e. The average Bonchev–Trinajstić information content (AvgIpc) is 2.38. The molecule has 0 unspecified atom stereocenters. The molecule has 2 aromatic rings. The van der Waals surface area contributed by atoms with Crippen LogP contribution in [0.15, 0.2) is 46.9 Å². The van der Waals surface area contributed by atoms with Crippen molar-refractivity contribution in [3.8, 4) is 0 Å². The van der Waals surface area contributed by atoms with E-state index in [0.29, 0.717) is 17.1 Å². The zero-order chi connectivity index (χ0) is 13.8. The van der Waals surface area contributed by atoms with Crippen LogP contribution < -0.4 is 5.32 Å². The molecule has 0 aliphatic rings. The van der Waals surface area contributed by atoms with Gasteiger partial charge < -0.3 is 5.32 Å². The van der Waals surface area contributed by atoms with E-state index in [1.165, 1.54) is 6.07 Å². The SMILES string of the molecule is C[C@@H](NCc1ccc(Br)cc1Cl)c1ccccc1F. The van der Waals surface area contributed by atoms with Crippen molar-refractivity contribution in [2.75, 3.05) is 0 Å². The lowest BCUT2D eigenvalue weighted by molar-refractivity contribution is 0.528. The molecular formula is C15H14BrClFN. The second-order valence-electron chi connectivity index (χ2n) is 4.36. The van der Waals surface area contributed by atoms with Crippen molar-refractivity contribution >= 4 is 27.5 Å². The van der Waals surface area contributed by atoms with Gasteiger partial charge in [-0.3, -0.25) is 0 Å². The molecule has 1 atom stereocenters. The maximum Gasteiger partial charge on any atom is 0.127 e. The molecule has 0 bridgehead atoms. The number of hydrogen-bond acceptors (Lipinski definition) is 1. The highest BCUT2D eigenvalue weighted by Gasteiger charge is 2.10. The monoisotopic (exact) mass is 341 g/mol. The van der Waals surface area contributed by atoms with Gasteiger partial charge in [-0.2, -0.15) is 0 Å². The maximum absolute atomic E-state index is 13.6. The van der Waals surface area contributed by atoms with Crippen LogP contribution >= 0.6 is 27.5 Å². The van der Waals surface area contributed by atoms with Crippen molar-refractivity contribution in [1.29, 1.82) is 0 Å². The van der Waals surface area contributed by atoms with Crippen LogP contribution in [0.5, 0.6) is 0 Å². The van der Waals surface area contributed by atoms with Crippen molar-refractivity contribution in [2.45, 2.75) is 19.5 Å². The summed E-state index contributed by atoms with van der Waals surface area (Å²) in [5.41, 5.74) is 1.66. The Morgan fingerprint density at radius 2 is 2.00 bits per heavy atom. The summed E-state index contributed by atoms with van der Waals surface area (Å²) in [6.07, 6.45) is 0. The Kier molecular flexibility index (Phi) is 4.97. The van der Waals surface area contributed by atoms with Gasteiger partial charge in [0.15, 0.2) is 0 Å². The summed E-state index contributed by atoms with van der Waals surface area (Å²) in [5.74, 6) is -0.190. The predicted molar refractivity (Wildman–Crippen MR) is 80.8 cm³/mol. The van der Waals surface area contributed by atoms with Crippen LogP contribution in [0.25, 0.3) is 0 Å². The number of benzene rings is 2. The molecule has 1 nitrogen and oxygen atoms in total. The molecule has 0 saturated carbocycles. The Balaban J connectivity index is 2.04. The summed E-state index contributed by atoms with van der Waals surface area (Å²) in [6.45, 7) is 2.53. The van der Waals surface area contributed by atoms with E-state index in [1.807, 2.05) is 31.2 Å². The van der Waals surface area contributed by atoms with Gasteiger partial charge in [-0.25, -0.2) is 4.39 Å². The highest BCUT2D eigenvalue weighted by Crippen LogP contribution is 2.22. The number of halogens is 3. The molecule has 0 heterocycles. The van der Waals surface area contributed by atoms with Gasteiger partial charge in [0.05, 0.1) is 0 Å². The number of hydrogen-bond donors (Lipinski definition) is 1. The van der Waals surface area contributed by atoms with E-state index in [4.69, 9.17) is 11.6 Å². The number of rotatable bonds is 4. The lowest BCUT2D eigenvalue weighted by Crippen LogP contribution is -2.19. The second-order valence-corrected chi connectivity index (χ2v) is 5.68. The molecule has 0 saturated heterocycles. The summed E-state index contributed by atoms with van der Waals surface area (Å²) < 4.78 is 14.6. The van der Waals surface area contributed by atoms with E-state index in [-0.39, 0.29) is 11.9 Å². The minimum absolute atomic E-state index is 0.0686. The molecule has 1 N–H and O–H groups in total. The third-order valence-electron chi connectivity index (χ3n) is 2.99. The topological polar surface area (TPSA) is 12.0 Å². The van der Waals surface area contributed by atoms with Gasteiger partial charge in [0, 0.05) is 27.6 Å². The summed E-state index contributed by atoms with van der Waals surface area (Å²) in [4.78, 5) is 0. The van der Waals surface area contributed by atoms with Gasteiger partial charge in [-0.05, 0) is 30.7 Å². The van der Waals surface area contributed by atoms with E-state index in [9.17, 15) is 4.39 Å². The standard InChI is InChI=1S/C15H14BrClFN/c1-10(13-4-2-3-5-15(13)18)19-9-11-6-7-12(16)8-14(11)17/h2-8,10,19H,9H2,1H3/t10-/m1/s1. The van der Waals surface area contributed by atoms with Crippen LogP contribution in [-0.2, 0) is 6.54 Å². The highest BCUT2D eigenvalue weighted by molar-refractivity contribution is 9.10. The third kappa shape index (κ3) is 3.78. The molecule has 4 heteroatoms. The zero-order valence-electron chi connectivity index (χ0n) is 10.5. The quantitative estimate of drug-likeness (QED) is 0.816. The van der Waals surface area contributed by atoms with Gasteiger partial charge >= 0.3 is 0 Å². The fraction of sp³-hybridized carbons (Fsp3) is 0.200. The van der Waals surface area contributed by atoms with Gasteiger partial charge in [0.2, 0.25) is 0 Å². The van der Waals surface area contributed by atoms with E-state index in [0.717, 1.165) is 10.0 Å². The van der Waals surface area contributed by atoms with E-state index < -0.39 is 0 Å². The van der Waals surface area contributed by atoms with E-state index in [1.54, 1.807) is 12.1 Å². The lowest BCUT2D eigenvalue weighted by atomic mass is 10.1. The minimum atomic E-state index is -0.190. The van der Waals surface area contributed by atoms with Crippen molar-refractivity contribution in [3.63, 3.8) is 0 Å². The number of nitrogens with one attached hydrogen (secondary N) is 1. The molecule has 0 amide bonds. The lowest BCUT2D eigenvalue weighted by Gasteiger charge is -2.15. The minimum Gasteiger partial charge on any atom is -0.306 e. The van der Waals surface area contributed by atoms with Crippen LogP contribution in [0, 0.1) is 5.82 Å². The summed E-state index contributed by atoms with van der Waals surface area (Å²) in [6, 6.07) is 12.5. The van der Waals surface area contributed by atoms with Crippen LogP contribution in [0.2, 0.25) is 5.02 Å². The molecule has 2 rings (SSSR count). The molecule has 0 spiro atoms. The van der Waals surface area contributed by atoms with Gasteiger partial charge in [-0.15, -0.1) is 0 Å². The summed E-state index contributed by atoms with van der Waals surface area (Å²) in [7, 11) is 0. The Bertz CT molecular complexity index is 574.